The van der Waals surface area contributed by atoms with Crippen molar-refractivity contribution in [3.05, 3.63) is 35.0 Å². The topological polar surface area (TPSA) is 52.0 Å². The number of aromatic nitrogens is 1. The molecule has 2 aromatic rings. The van der Waals surface area contributed by atoms with Gasteiger partial charge in [-0.2, -0.15) is 0 Å². The molecule has 15 heavy (non-hydrogen) atoms. The van der Waals surface area contributed by atoms with Gasteiger partial charge in [0.2, 0.25) is 5.88 Å². The highest BCUT2D eigenvalue weighted by Crippen LogP contribution is 2.29. The summed E-state index contributed by atoms with van der Waals surface area (Å²) < 4.78 is 4.82. The van der Waals surface area contributed by atoms with Gasteiger partial charge in [0.15, 0.2) is 0 Å². The largest absolute Gasteiger partial charge is 0.367 e. The van der Waals surface area contributed by atoms with Crippen molar-refractivity contribution in [2.45, 2.75) is 13.3 Å². The second kappa shape index (κ2) is 3.95. The highest BCUT2D eigenvalue weighted by atomic mass is 35.5. The molecule has 0 atom stereocenters. The zero-order valence-electron chi connectivity index (χ0n) is 8.33. The Hall–Kier alpha value is -1.48. The first kappa shape index (κ1) is 10.1. The number of nitrogens with zero attached hydrogens (tertiary/aromatic N) is 1. The molecule has 1 heterocycles. The number of rotatable bonds is 2. The Kier molecular flexibility index (Phi) is 2.64. The average Bonchev–Trinajstić information content (AvgIpc) is 2.63. The lowest BCUT2D eigenvalue weighted by Crippen LogP contribution is -1.87. The number of nitrogens with two attached hydrogens (primary N) is 1. The van der Waals surface area contributed by atoms with Gasteiger partial charge in [0.05, 0.1) is 11.8 Å². The zero-order valence-corrected chi connectivity index (χ0v) is 9.08. The second-order valence-corrected chi connectivity index (χ2v) is 3.74. The summed E-state index contributed by atoms with van der Waals surface area (Å²) >= 11 is 6.01. The molecule has 0 saturated carbocycles. The molecular weight excluding hydrogens is 212 g/mol. The Morgan fingerprint density at radius 3 is 2.80 bits per heavy atom. The number of halogens is 1. The Morgan fingerprint density at radius 1 is 1.40 bits per heavy atom. The number of hydrogen-bond donors (Lipinski definition) is 1. The van der Waals surface area contributed by atoms with Crippen LogP contribution in [0.25, 0.3) is 11.1 Å². The van der Waals surface area contributed by atoms with E-state index >= 15 is 0 Å². The van der Waals surface area contributed by atoms with E-state index in [0.29, 0.717) is 10.9 Å². The molecule has 2 rings (SSSR count). The Morgan fingerprint density at radius 2 is 2.20 bits per heavy atom. The molecular formula is C11H11ClN2O. The van der Waals surface area contributed by atoms with Crippen LogP contribution in [-0.2, 0) is 6.42 Å². The fourth-order valence-electron chi connectivity index (χ4n) is 1.48. The normalized spacial score (nSPS) is 10.5. The molecule has 4 heteroatoms. The second-order valence-electron chi connectivity index (χ2n) is 3.31. The van der Waals surface area contributed by atoms with Crippen molar-refractivity contribution in [1.29, 1.82) is 0 Å². The van der Waals surface area contributed by atoms with Gasteiger partial charge in [-0.15, -0.1) is 0 Å². The molecule has 0 aliphatic rings. The first-order chi connectivity index (χ1) is 7.20. The van der Waals surface area contributed by atoms with Crippen LogP contribution in [-0.4, -0.2) is 5.16 Å². The van der Waals surface area contributed by atoms with Gasteiger partial charge in [-0.1, -0.05) is 29.7 Å². The van der Waals surface area contributed by atoms with Crippen molar-refractivity contribution in [2.24, 2.45) is 0 Å². The summed E-state index contributed by atoms with van der Waals surface area (Å²) in [5.74, 6) is 0.319. The molecule has 1 aromatic heterocycles. The average molecular weight is 223 g/mol. The Bertz CT molecular complexity index is 479. The van der Waals surface area contributed by atoms with Gasteiger partial charge in [0.1, 0.15) is 0 Å². The van der Waals surface area contributed by atoms with Gasteiger partial charge in [-0.25, -0.2) is 0 Å². The lowest BCUT2D eigenvalue weighted by atomic mass is 10.0. The van der Waals surface area contributed by atoms with Crippen LogP contribution in [0.5, 0.6) is 0 Å². The molecule has 78 valence electrons. The van der Waals surface area contributed by atoms with Gasteiger partial charge in [-0.3, -0.25) is 0 Å². The van der Waals surface area contributed by atoms with E-state index < -0.39 is 0 Å². The van der Waals surface area contributed by atoms with Crippen LogP contribution >= 0.6 is 11.6 Å². The van der Waals surface area contributed by atoms with Crippen LogP contribution in [0, 0.1) is 0 Å². The quantitative estimate of drug-likeness (QED) is 0.849. The van der Waals surface area contributed by atoms with Crippen molar-refractivity contribution in [3.8, 4) is 11.1 Å². The maximum absolute atomic E-state index is 6.01. The van der Waals surface area contributed by atoms with Crippen LogP contribution in [0.3, 0.4) is 0 Å². The molecule has 0 aliphatic heterocycles. The lowest BCUT2D eigenvalue weighted by molar-refractivity contribution is 0.436. The molecule has 0 radical (unpaired) electrons. The van der Waals surface area contributed by atoms with Crippen molar-refractivity contribution in [2.75, 3.05) is 5.73 Å². The molecule has 1 aromatic carbocycles. The Balaban J connectivity index is 2.53. The SMILES string of the molecule is CCc1cc(Cl)cc(-c2cnoc2N)c1. The van der Waals surface area contributed by atoms with E-state index in [1.54, 1.807) is 6.20 Å². The zero-order chi connectivity index (χ0) is 10.8. The number of nitrogen functional groups attached to an aromatic ring is 1. The summed E-state index contributed by atoms with van der Waals surface area (Å²) in [5.41, 5.74) is 8.53. The predicted molar refractivity (Wildman–Crippen MR) is 60.7 cm³/mol. The summed E-state index contributed by atoms with van der Waals surface area (Å²) in [7, 11) is 0. The Labute approximate surface area is 92.8 Å². The standard InChI is InChI=1S/C11H11ClN2O/c1-2-7-3-8(5-9(12)4-7)10-6-14-15-11(10)13/h3-6H,2,13H2,1H3. The number of benzene rings is 1. The van der Waals surface area contributed by atoms with Crippen LogP contribution < -0.4 is 5.73 Å². The summed E-state index contributed by atoms with van der Waals surface area (Å²) in [6.45, 7) is 2.08. The molecule has 0 spiro atoms. The van der Waals surface area contributed by atoms with Gasteiger partial charge < -0.3 is 10.3 Å². The number of anilines is 1. The van der Waals surface area contributed by atoms with E-state index in [1.165, 1.54) is 0 Å². The molecule has 3 nitrogen and oxygen atoms in total. The minimum absolute atomic E-state index is 0.319. The summed E-state index contributed by atoms with van der Waals surface area (Å²) in [6, 6.07) is 5.83. The van der Waals surface area contributed by atoms with E-state index in [2.05, 4.69) is 12.1 Å². The minimum atomic E-state index is 0.319. The van der Waals surface area contributed by atoms with E-state index in [0.717, 1.165) is 23.1 Å². The molecule has 0 amide bonds. The third-order valence-corrected chi connectivity index (χ3v) is 2.49. The fourth-order valence-corrected chi connectivity index (χ4v) is 1.73. The molecule has 2 N–H and O–H groups in total. The highest BCUT2D eigenvalue weighted by molar-refractivity contribution is 6.31. The molecule has 0 aliphatic carbocycles. The fraction of sp³-hybridized carbons (Fsp3) is 0.182. The third kappa shape index (κ3) is 1.97. The molecule has 0 saturated heterocycles. The number of aryl methyl sites for hydroxylation is 1. The smallest absolute Gasteiger partial charge is 0.229 e. The van der Waals surface area contributed by atoms with E-state index in [9.17, 15) is 0 Å². The first-order valence-electron chi connectivity index (χ1n) is 4.70. The molecule has 0 bridgehead atoms. The van der Waals surface area contributed by atoms with Crippen LogP contribution in [0.1, 0.15) is 12.5 Å². The van der Waals surface area contributed by atoms with Crippen LogP contribution in [0.2, 0.25) is 5.02 Å². The first-order valence-corrected chi connectivity index (χ1v) is 5.08. The van der Waals surface area contributed by atoms with Gasteiger partial charge >= 0.3 is 0 Å². The highest BCUT2D eigenvalue weighted by Gasteiger charge is 2.08. The lowest BCUT2D eigenvalue weighted by Gasteiger charge is -2.03. The van der Waals surface area contributed by atoms with Gasteiger partial charge in [0.25, 0.3) is 0 Å². The minimum Gasteiger partial charge on any atom is -0.367 e. The van der Waals surface area contributed by atoms with Gasteiger partial charge in [0, 0.05) is 5.02 Å². The molecule has 0 unspecified atom stereocenters. The van der Waals surface area contributed by atoms with Gasteiger partial charge in [-0.05, 0) is 29.7 Å². The maximum Gasteiger partial charge on any atom is 0.229 e. The van der Waals surface area contributed by atoms with Crippen LogP contribution in [0.4, 0.5) is 5.88 Å². The third-order valence-electron chi connectivity index (χ3n) is 2.28. The van der Waals surface area contributed by atoms with Crippen LogP contribution in [0.15, 0.2) is 28.9 Å². The monoisotopic (exact) mass is 222 g/mol. The van der Waals surface area contributed by atoms with Crippen molar-refractivity contribution in [1.82, 2.24) is 5.16 Å². The van der Waals surface area contributed by atoms with Crippen molar-refractivity contribution in [3.63, 3.8) is 0 Å². The summed E-state index contributed by atoms with van der Waals surface area (Å²) in [5, 5.41) is 4.34. The summed E-state index contributed by atoms with van der Waals surface area (Å²) in [4.78, 5) is 0. The number of hydrogen-bond acceptors (Lipinski definition) is 3. The maximum atomic E-state index is 6.01. The van der Waals surface area contributed by atoms with E-state index in [-0.39, 0.29) is 0 Å². The summed E-state index contributed by atoms with van der Waals surface area (Å²) in [6.07, 6.45) is 2.53. The van der Waals surface area contributed by atoms with Crippen molar-refractivity contribution < 1.29 is 4.52 Å². The van der Waals surface area contributed by atoms with Crippen molar-refractivity contribution >= 4 is 17.5 Å². The van der Waals surface area contributed by atoms with E-state index in [4.69, 9.17) is 21.9 Å². The molecule has 0 fully saturated rings. The predicted octanol–water partition coefficient (Wildman–Crippen LogP) is 3.14. The van der Waals surface area contributed by atoms with E-state index in [1.807, 2.05) is 18.2 Å².